The SMILES string of the molecule is Cc1ccc(F)c(/C=C2\SC(=S)N(CCCC(=O)O)C2=O)c1F. The molecule has 1 aliphatic heterocycles. The van der Waals surface area contributed by atoms with E-state index in [1.807, 2.05) is 0 Å². The Morgan fingerprint density at radius 3 is 2.78 bits per heavy atom. The average molecular weight is 357 g/mol. The smallest absolute Gasteiger partial charge is 0.303 e. The Bertz CT molecular complexity index is 719. The van der Waals surface area contributed by atoms with Crippen molar-refractivity contribution in [2.45, 2.75) is 19.8 Å². The molecule has 1 aromatic rings. The molecule has 0 atom stereocenters. The standard InChI is InChI=1S/C15H13F2NO3S2/c1-8-4-5-10(16)9(13(8)17)7-11-14(21)18(15(22)23-11)6-2-3-12(19)20/h4-5,7H,2-3,6H2,1H3,(H,19,20)/b11-7-. The van der Waals surface area contributed by atoms with E-state index in [4.69, 9.17) is 17.3 Å². The molecule has 1 N–H and O–H groups in total. The molecule has 0 radical (unpaired) electrons. The lowest BCUT2D eigenvalue weighted by molar-refractivity contribution is -0.137. The summed E-state index contributed by atoms with van der Waals surface area (Å²) < 4.78 is 28.0. The number of carbonyl (C=O) groups is 2. The molecule has 0 aliphatic carbocycles. The number of carboxylic acid groups (broad SMARTS) is 1. The minimum atomic E-state index is -0.963. The third kappa shape index (κ3) is 3.94. The Morgan fingerprint density at radius 1 is 1.43 bits per heavy atom. The molecule has 1 heterocycles. The molecular formula is C15H13F2NO3S2. The highest BCUT2D eigenvalue weighted by molar-refractivity contribution is 8.26. The number of thiocarbonyl (C=S) groups is 1. The maximum absolute atomic E-state index is 14.0. The van der Waals surface area contributed by atoms with E-state index in [1.165, 1.54) is 17.9 Å². The van der Waals surface area contributed by atoms with Crippen molar-refractivity contribution >= 4 is 46.3 Å². The highest BCUT2D eigenvalue weighted by Crippen LogP contribution is 2.33. The average Bonchev–Trinajstić information content (AvgIpc) is 2.74. The van der Waals surface area contributed by atoms with Crippen molar-refractivity contribution in [3.63, 3.8) is 0 Å². The number of aliphatic carboxylic acids is 1. The van der Waals surface area contributed by atoms with Crippen molar-refractivity contribution in [1.82, 2.24) is 4.90 Å². The number of nitrogens with zero attached hydrogens (tertiary/aromatic N) is 1. The molecule has 4 nitrogen and oxygen atoms in total. The molecule has 1 aliphatic rings. The maximum atomic E-state index is 14.0. The van der Waals surface area contributed by atoms with Gasteiger partial charge in [-0.15, -0.1) is 0 Å². The summed E-state index contributed by atoms with van der Waals surface area (Å²) in [6, 6.07) is 2.46. The molecule has 1 saturated heterocycles. The first-order chi connectivity index (χ1) is 10.8. The van der Waals surface area contributed by atoms with E-state index in [2.05, 4.69) is 0 Å². The Hall–Kier alpha value is -1.80. The fraction of sp³-hybridized carbons (Fsp3) is 0.267. The number of thioether (sulfide) groups is 1. The molecule has 0 spiro atoms. The summed E-state index contributed by atoms with van der Waals surface area (Å²) in [6.07, 6.45) is 1.31. The zero-order valence-corrected chi connectivity index (χ0v) is 13.8. The summed E-state index contributed by atoms with van der Waals surface area (Å²) in [4.78, 5) is 24.1. The van der Waals surface area contributed by atoms with Crippen LogP contribution in [-0.4, -0.2) is 32.7 Å². The number of hydrogen-bond acceptors (Lipinski definition) is 4. The zero-order chi connectivity index (χ0) is 17.1. The van der Waals surface area contributed by atoms with Crippen LogP contribution in [0.25, 0.3) is 6.08 Å². The minimum Gasteiger partial charge on any atom is -0.481 e. The van der Waals surface area contributed by atoms with E-state index >= 15 is 0 Å². The van der Waals surface area contributed by atoms with Crippen LogP contribution >= 0.6 is 24.0 Å². The molecule has 0 aromatic heterocycles. The molecule has 0 unspecified atom stereocenters. The van der Waals surface area contributed by atoms with Gasteiger partial charge in [0.15, 0.2) is 0 Å². The van der Waals surface area contributed by atoms with Crippen LogP contribution in [0.4, 0.5) is 8.78 Å². The second-order valence-corrected chi connectivity index (χ2v) is 6.60. The van der Waals surface area contributed by atoms with Crippen LogP contribution in [0.3, 0.4) is 0 Å². The van der Waals surface area contributed by atoms with E-state index in [1.54, 1.807) is 0 Å². The van der Waals surface area contributed by atoms with Crippen LogP contribution in [0, 0.1) is 18.6 Å². The summed E-state index contributed by atoms with van der Waals surface area (Å²) in [7, 11) is 0. The van der Waals surface area contributed by atoms with Crippen molar-refractivity contribution in [3.05, 3.63) is 39.8 Å². The summed E-state index contributed by atoms with van der Waals surface area (Å²) in [5.74, 6) is -2.91. The summed E-state index contributed by atoms with van der Waals surface area (Å²) in [5.41, 5.74) is -0.00868. The highest BCUT2D eigenvalue weighted by atomic mass is 32.2. The summed E-state index contributed by atoms with van der Waals surface area (Å²) in [5, 5.41) is 8.62. The predicted octanol–water partition coefficient (Wildman–Crippen LogP) is 3.34. The first-order valence-electron chi connectivity index (χ1n) is 6.73. The molecule has 23 heavy (non-hydrogen) atoms. The van der Waals surface area contributed by atoms with Gasteiger partial charge < -0.3 is 5.11 Å². The van der Waals surface area contributed by atoms with E-state index in [9.17, 15) is 18.4 Å². The monoisotopic (exact) mass is 357 g/mol. The van der Waals surface area contributed by atoms with E-state index in [-0.39, 0.29) is 39.7 Å². The number of hydrogen-bond donors (Lipinski definition) is 1. The van der Waals surface area contributed by atoms with E-state index in [0.29, 0.717) is 0 Å². The molecule has 0 bridgehead atoms. The Morgan fingerprint density at radius 2 is 2.13 bits per heavy atom. The number of carboxylic acids is 1. The maximum Gasteiger partial charge on any atom is 0.303 e. The zero-order valence-electron chi connectivity index (χ0n) is 12.1. The van der Waals surface area contributed by atoms with Crippen LogP contribution < -0.4 is 0 Å². The van der Waals surface area contributed by atoms with Crippen molar-refractivity contribution in [2.75, 3.05) is 6.54 Å². The van der Waals surface area contributed by atoms with Crippen molar-refractivity contribution in [3.8, 4) is 0 Å². The third-order valence-corrected chi connectivity index (χ3v) is 4.62. The fourth-order valence-electron chi connectivity index (χ4n) is 2.02. The molecule has 8 heteroatoms. The molecule has 1 amide bonds. The number of aryl methyl sites for hydroxylation is 1. The largest absolute Gasteiger partial charge is 0.481 e. The van der Waals surface area contributed by atoms with Crippen molar-refractivity contribution < 1.29 is 23.5 Å². The van der Waals surface area contributed by atoms with Crippen LogP contribution in [0.15, 0.2) is 17.0 Å². The number of benzene rings is 1. The molecule has 2 rings (SSSR count). The van der Waals surface area contributed by atoms with E-state index < -0.39 is 23.5 Å². The van der Waals surface area contributed by atoms with Crippen LogP contribution in [-0.2, 0) is 9.59 Å². The van der Waals surface area contributed by atoms with Gasteiger partial charge in [0.1, 0.15) is 16.0 Å². The molecule has 122 valence electrons. The number of amides is 1. The lowest BCUT2D eigenvalue weighted by Gasteiger charge is -2.13. The second-order valence-electron chi connectivity index (χ2n) is 4.92. The second kappa shape index (κ2) is 7.18. The van der Waals surface area contributed by atoms with Gasteiger partial charge in [-0.3, -0.25) is 14.5 Å². The first-order valence-corrected chi connectivity index (χ1v) is 7.95. The topological polar surface area (TPSA) is 57.6 Å². The van der Waals surface area contributed by atoms with Crippen molar-refractivity contribution in [2.24, 2.45) is 0 Å². The van der Waals surface area contributed by atoms with Gasteiger partial charge >= 0.3 is 5.97 Å². The van der Waals surface area contributed by atoms with Crippen LogP contribution in [0.1, 0.15) is 24.0 Å². The Balaban J connectivity index is 2.22. The van der Waals surface area contributed by atoms with Gasteiger partial charge in [-0.05, 0) is 31.1 Å². The lowest BCUT2D eigenvalue weighted by atomic mass is 10.1. The third-order valence-electron chi connectivity index (χ3n) is 3.24. The van der Waals surface area contributed by atoms with Crippen molar-refractivity contribution in [1.29, 1.82) is 0 Å². The van der Waals surface area contributed by atoms with Gasteiger partial charge in [-0.1, -0.05) is 30.0 Å². The van der Waals surface area contributed by atoms with Gasteiger partial charge in [-0.25, -0.2) is 8.78 Å². The van der Waals surface area contributed by atoms with Gasteiger partial charge in [-0.2, -0.15) is 0 Å². The minimum absolute atomic E-state index is 0.0861. The number of halogens is 2. The van der Waals surface area contributed by atoms with Crippen LogP contribution in [0.5, 0.6) is 0 Å². The van der Waals surface area contributed by atoms with Gasteiger partial charge in [0.05, 0.1) is 4.91 Å². The molecular weight excluding hydrogens is 344 g/mol. The number of rotatable bonds is 5. The summed E-state index contributed by atoms with van der Waals surface area (Å²) in [6.45, 7) is 1.66. The molecule has 0 saturated carbocycles. The summed E-state index contributed by atoms with van der Waals surface area (Å²) >= 11 is 6.02. The first kappa shape index (κ1) is 17.6. The fourth-order valence-corrected chi connectivity index (χ4v) is 3.31. The number of carbonyl (C=O) groups excluding carboxylic acids is 1. The lowest BCUT2D eigenvalue weighted by Crippen LogP contribution is -2.29. The predicted molar refractivity (Wildman–Crippen MR) is 87.8 cm³/mol. The van der Waals surface area contributed by atoms with E-state index in [0.717, 1.165) is 23.9 Å². The quantitative estimate of drug-likeness (QED) is 0.647. The van der Waals surface area contributed by atoms with Gasteiger partial charge in [0, 0.05) is 18.5 Å². The Labute approximate surface area is 141 Å². The molecule has 1 aromatic carbocycles. The highest BCUT2D eigenvalue weighted by Gasteiger charge is 2.32. The molecule has 1 fully saturated rings. The van der Waals surface area contributed by atoms with Crippen LogP contribution in [0.2, 0.25) is 0 Å². The van der Waals surface area contributed by atoms with Gasteiger partial charge in [0.25, 0.3) is 5.91 Å². The van der Waals surface area contributed by atoms with Gasteiger partial charge in [0.2, 0.25) is 0 Å². The normalized spacial score (nSPS) is 16.5. The Kier molecular flexibility index (Phi) is 5.48.